The second-order valence-electron chi connectivity index (χ2n) is 6.54. The van der Waals surface area contributed by atoms with E-state index in [1.807, 2.05) is 24.3 Å². The van der Waals surface area contributed by atoms with Crippen LogP contribution in [0.25, 0.3) is 10.1 Å². The molecule has 1 amide bonds. The number of carbonyl (C=O) groups excluding carboxylic acids is 1. The molecule has 5 rings (SSSR count). The smallest absolute Gasteiger partial charge is 0.261 e. The summed E-state index contributed by atoms with van der Waals surface area (Å²) in [7, 11) is 0. The molecule has 2 bridgehead atoms. The number of hydrogen-bond acceptors (Lipinski definition) is 4. The van der Waals surface area contributed by atoms with Crippen LogP contribution in [-0.2, 0) is 0 Å². The molecule has 4 heterocycles. The van der Waals surface area contributed by atoms with Crippen LogP contribution in [0, 0.1) is 17.8 Å². The number of fused-ring (bicyclic) bond motifs is 4. The molecule has 0 saturated carbocycles. The average molecular weight is 340 g/mol. The zero-order valence-corrected chi connectivity index (χ0v) is 14.2. The predicted molar refractivity (Wildman–Crippen MR) is 96.2 cm³/mol. The minimum atomic E-state index is -0.143. The van der Waals surface area contributed by atoms with Gasteiger partial charge in [0.15, 0.2) is 0 Å². The number of nitrogens with zero attached hydrogens (tertiary/aromatic N) is 1. The molecule has 1 unspecified atom stereocenters. The Morgan fingerprint density at radius 3 is 2.88 bits per heavy atom. The lowest BCUT2D eigenvalue weighted by Crippen LogP contribution is -2.57. The molecular formula is C19H20N2O2S. The van der Waals surface area contributed by atoms with Crippen LogP contribution >= 0.6 is 11.3 Å². The van der Waals surface area contributed by atoms with E-state index >= 15 is 0 Å². The van der Waals surface area contributed by atoms with Gasteiger partial charge in [0.2, 0.25) is 0 Å². The Morgan fingerprint density at radius 1 is 1.33 bits per heavy atom. The van der Waals surface area contributed by atoms with E-state index in [-0.39, 0.29) is 18.6 Å². The highest BCUT2D eigenvalue weighted by molar-refractivity contribution is 7.20. The molecule has 3 saturated heterocycles. The van der Waals surface area contributed by atoms with Crippen molar-refractivity contribution in [1.82, 2.24) is 10.2 Å². The average Bonchev–Trinajstić information content (AvgIpc) is 3.04. The lowest BCUT2D eigenvalue weighted by molar-refractivity contribution is 0.0622. The molecule has 124 valence electrons. The molecule has 5 heteroatoms. The molecule has 2 N–H and O–H groups in total. The first-order valence-corrected chi connectivity index (χ1v) is 9.21. The van der Waals surface area contributed by atoms with Crippen molar-refractivity contribution in [1.29, 1.82) is 0 Å². The van der Waals surface area contributed by atoms with Gasteiger partial charge >= 0.3 is 0 Å². The number of piperidine rings is 3. The van der Waals surface area contributed by atoms with Gasteiger partial charge in [-0.05, 0) is 55.4 Å². The predicted octanol–water partition coefficient (Wildman–Crippen LogP) is 2.07. The van der Waals surface area contributed by atoms with Crippen LogP contribution in [0.4, 0.5) is 0 Å². The van der Waals surface area contributed by atoms with Gasteiger partial charge < -0.3 is 15.3 Å². The van der Waals surface area contributed by atoms with Gasteiger partial charge in [-0.1, -0.05) is 17.9 Å². The molecule has 0 aliphatic carbocycles. The summed E-state index contributed by atoms with van der Waals surface area (Å²) in [4.78, 5) is 15.8. The number of thiophene rings is 1. The fourth-order valence-electron chi connectivity index (χ4n) is 3.73. The summed E-state index contributed by atoms with van der Waals surface area (Å²) in [5.74, 6) is 6.24. The van der Waals surface area contributed by atoms with Gasteiger partial charge in [0.25, 0.3) is 5.91 Å². The van der Waals surface area contributed by atoms with Gasteiger partial charge in [-0.25, -0.2) is 0 Å². The van der Waals surface area contributed by atoms with Crippen molar-refractivity contribution in [3.63, 3.8) is 0 Å². The molecular weight excluding hydrogens is 320 g/mol. The summed E-state index contributed by atoms with van der Waals surface area (Å²) >= 11 is 1.51. The largest absolute Gasteiger partial charge is 0.384 e. The van der Waals surface area contributed by atoms with Crippen LogP contribution in [0.15, 0.2) is 24.3 Å². The Balaban J connectivity index is 1.52. The van der Waals surface area contributed by atoms with E-state index in [9.17, 15) is 4.79 Å². The number of nitrogens with one attached hydrogen (secondary N) is 1. The van der Waals surface area contributed by atoms with Gasteiger partial charge in [0.1, 0.15) is 6.61 Å². The summed E-state index contributed by atoms with van der Waals surface area (Å²) in [6.07, 6.45) is 2.40. The number of benzene rings is 1. The van der Waals surface area contributed by atoms with Crippen molar-refractivity contribution in [2.24, 2.45) is 5.92 Å². The third-order valence-corrected chi connectivity index (χ3v) is 6.12. The van der Waals surface area contributed by atoms with Crippen molar-refractivity contribution in [3.05, 3.63) is 34.7 Å². The third kappa shape index (κ3) is 3.05. The second kappa shape index (κ2) is 6.56. The topological polar surface area (TPSA) is 52.6 Å². The maximum absolute atomic E-state index is 12.6. The normalized spacial score (nSPS) is 25.3. The molecule has 2 aromatic rings. The monoisotopic (exact) mass is 340 g/mol. The summed E-state index contributed by atoms with van der Waals surface area (Å²) in [5.41, 5.74) is 0.864. The van der Waals surface area contributed by atoms with E-state index in [1.165, 1.54) is 37.3 Å². The van der Waals surface area contributed by atoms with E-state index in [0.717, 1.165) is 27.1 Å². The van der Waals surface area contributed by atoms with Gasteiger partial charge in [0, 0.05) is 22.8 Å². The van der Waals surface area contributed by atoms with E-state index in [2.05, 4.69) is 22.1 Å². The lowest BCUT2D eigenvalue weighted by Gasteiger charge is -2.44. The summed E-state index contributed by atoms with van der Waals surface area (Å²) in [5, 5.41) is 13.1. The van der Waals surface area contributed by atoms with E-state index in [1.54, 1.807) is 0 Å². The maximum atomic E-state index is 12.6. The van der Waals surface area contributed by atoms with Crippen LogP contribution in [-0.4, -0.2) is 48.2 Å². The molecule has 1 atom stereocenters. The molecule has 3 aliphatic heterocycles. The van der Waals surface area contributed by atoms with Crippen LogP contribution < -0.4 is 5.32 Å². The van der Waals surface area contributed by atoms with Crippen molar-refractivity contribution >= 4 is 27.3 Å². The fourth-order valence-corrected chi connectivity index (χ4v) is 4.74. The standard InChI is InChI=1S/C19H20N2O2S/c22-9-1-2-13-3-4-15-11-18(24-17(15)10-13)19(23)20-16-12-21-7-5-14(16)6-8-21/h3-4,10-11,14,16,22H,5-9,12H2,(H,20,23). The highest BCUT2D eigenvalue weighted by Crippen LogP contribution is 2.29. The fraction of sp³-hybridized carbons (Fsp3) is 0.421. The minimum absolute atomic E-state index is 0.0398. The molecule has 3 aliphatic rings. The number of amides is 1. The third-order valence-electron chi connectivity index (χ3n) is 5.03. The van der Waals surface area contributed by atoms with Gasteiger partial charge in [-0.3, -0.25) is 4.79 Å². The molecule has 3 fully saturated rings. The zero-order chi connectivity index (χ0) is 16.5. The van der Waals surface area contributed by atoms with Crippen LogP contribution in [0.5, 0.6) is 0 Å². The highest BCUT2D eigenvalue weighted by atomic mass is 32.1. The quantitative estimate of drug-likeness (QED) is 0.823. The van der Waals surface area contributed by atoms with Gasteiger partial charge in [-0.2, -0.15) is 0 Å². The van der Waals surface area contributed by atoms with E-state index < -0.39 is 0 Å². The van der Waals surface area contributed by atoms with Crippen molar-refractivity contribution in [2.75, 3.05) is 26.2 Å². The lowest BCUT2D eigenvalue weighted by atomic mass is 9.84. The van der Waals surface area contributed by atoms with Crippen LogP contribution in [0.1, 0.15) is 28.1 Å². The zero-order valence-electron chi connectivity index (χ0n) is 13.4. The first-order valence-electron chi connectivity index (χ1n) is 8.39. The molecule has 4 nitrogen and oxygen atoms in total. The molecule has 0 radical (unpaired) electrons. The number of aliphatic hydroxyl groups is 1. The molecule has 24 heavy (non-hydrogen) atoms. The number of aliphatic hydroxyl groups excluding tert-OH is 1. The maximum Gasteiger partial charge on any atom is 0.261 e. The van der Waals surface area contributed by atoms with Gasteiger partial charge in [0.05, 0.1) is 4.88 Å². The summed E-state index contributed by atoms with van der Waals surface area (Å²) < 4.78 is 1.05. The van der Waals surface area contributed by atoms with Crippen LogP contribution in [0.3, 0.4) is 0 Å². The molecule has 0 spiro atoms. The van der Waals surface area contributed by atoms with Crippen molar-refractivity contribution in [3.8, 4) is 11.8 Å². The number of carbonyl (C=O) groups is 1. The summed E-state index contributed by atoms with van der Waals surface area (Å²) in [6.45, 7) is 3.20. The Kier molecular flexibility index (Phi) is 4.28. The number of rotatable bonds is 2. The Morgan fingerprint density at radius 2 is 2.17 bits per heavy atom. The van der Waals surface area contributed by atoms with Crippen molar-refractivity contribution in [2.45, 2.75) is 18.9 Å². The minimum Gasteiger partial charge on any atom is -0.384 e. The number of hydrogen-bond donors (Lipinski definition) is 2. The first-order chi connectivity index (χ1) is 11.7. The van der Waals surface area contributed by atoms with E-state index in [4.69, 9.17) is 5.11 Å². The SMILES string of the molecule is O=C(NC1CN2CCC1CC2)c1cc2ccc(C#CCO)cc2s1. The summed E-state index contributed by atoms with van der Waals surface area (Å²) in [6, 6.07) is 8.13. The van der Waals surface area contributed by atoms with Crippen molar-refractivity contribution < 1.29 is 9.90 Å². The van der Waals surface area contributed by atoms with Crippen LogP contribution in [0.2, 0.25) is 0 Å². The van der Waals surface area contributed by atoms with E-state index in [0.29, 0.717) is 5.92 Å². The Labute approximate surface area is 145 Å². The highest BCUT2D eigenvalue weighted by Gasteiger charge is 2.35. The Bertz CT molecular complexity index is 825. The molecule has 1 aromatic carbocycles. The molecule has 1 aromatic heterocycles. The second-order valence-corrected chi connectivity index (χ2v) is 7.62. The first kappa shape index (κ1) is 15.6. The Hall–Kier alpha value is -1.87. The van der Waals surface area contributed by atoms with Gasteiger partial charge in [-0.15, -0.1) is 11.3 Å².